The van der Waals surface area contributed by atoms with Gasteiger partial charge in [0.15, 0.2) is 0 Å². The molecule has 1 aliphatic carbocycles. The van der Waals surface area contributed by atoms with Crippen molar-refractivity contribution in [3.8, 4) is 0 Å². The van der Waals surface area contributed by atoms with E-state index in [1.807, 2.05) is 50.4 Å². The Balaban J connectivity index is 1.69. The van der Waals surface area contributed by atoms with Crippen LogP contribution in [-0.4, -0.2) is 18.1 Å². The minimum atomic E-state index is -0.922. The highest BCUT2D eigenvalue weighted by Crippen LogP contribution is 2.43. The molecule has 0 saturated heterocycles. The first-order valence-electron chi connectivity index (χ1n) is 9.77. The number of carboxylic acids is 1. The standard InChI is InChI=1S/C26H22FNO2/c1-17-23(22-13-10-19(27)15-25(22)24(17)16-26(29)30)14-18-8-11-21(12-9-18)28(2)20-6-4-3-5-7-20/h3-15H,16H2,1-2H3,(H,29,30)/b23-14-. The van der Waals surface area contributed by atoms with E-state index in [-0.39, 0.29) is 12.2 Å². The van der Waals surface area contributed by atoms with Crippen molar-refractivity contribution in [1.82, 2.24) is 0 Å². The third-order valence-corrected chi connectivity index (χ3v) is 5.52. The summed E-state index contributed by atoms with van der Waals surface area (Å²) in [5.74, 6) is -1.28. The molecule has 0 amide bonds. The number of aliphatic carboxylic acids is 1. The molecule has 30 heavy (non-hydrogen) atoms. The van der Waals surface area contributed by atoms with E-state index in [0.29, 0.717) is 11.1 Å². The molecule has 4 heteroatoms. The number of hydrogen-bond acceptors (Lipinski definition) is 2. The molecular weight excluding hydrogens is 377 g/mol. The second-order valence-electron chi connectivity index (χ2n) is 7.41. The van der Waals surface area contributed by atoms with Crippen LogP contribution in [0.15, 0.2) is 78.4 Å². The number of anilines is 2. The van der Waals surface area contributed by atoms with Crippen molar-refractivity contribution >= 4 is 34.6 Å². The average Bonchev–Trinajstić information content (AvgIpc) is 2.99. The number of carboxylic acid groups (broad SMARTS) is 1. The van der Waals surface area contributed by atoms with E-state index in [1.54, 1.807) is 6.07 Å². The van der Waals surface area contributed by atoms with E-state index in [1.165, 1.54) is 12.1 Å². The van der Waals surface area contributed by atoms with Crippen molar-refractivity contribution in [3.05, 3.63) is 101 Å². The SMILES string of the molecule is CC1=C(CC(=O)O)c2cc(F)ccc2/C1=C\c1ccc(N(C)c2ccccc2)cc1. The van der Waals surface area contributed by atoms with E-state index in [4.69, 9.17) is 0 Å². The van der Waals surface area contributed by atoms with Crippen molar-refractivity contribution in [2.24, 2.45) is 0 Å². The van der Waals surface area contributed by atoms with Crippen LogP contribution in [0, 0.1) is 5.82 Å². The Labute approximate surface area is 175 Å². The summed E-state index contributed by atoms with van der Waals surface area (Å²) in [7, 11) is 2.02. The summed E-state index contributed by atoms with van der Waals surface area (Å²) in [5, 5.41) is 9.29. The lowest BCUT2D eigenvalue weighted by molar-refractivity contribution is -0.135. The average molecular weight is 399 g/mol. The Morgan fingerprint density at radius 3 is 2.30 bits per heavy atom. The van der Waals surface area contributed by atoms with Gasteiger partial charge in [-0.15, -0.1) is 0 Å². The molecule has 3 nitrogen and oxygen atoms in total. The molecule has 0 unspecified atom stereocenters. The molecule has 0 fully saturated rings. The maximum absolute atomic E-state index is 13.8. The highest BCUT2D eigenvalue weighted by atomic mass is 19.1. The second kappa shape index (κ2) is 7.99. The highest BCUT2D eigenvalue weighted by Gasteiger charge is 2.25. The fraction of sp³-hybridized carbons (Fsp3) is 0.115. The Bertz CT molecular complexity index is 1160. The van der Waals surface area contributed by atoms with E-state index < -0.39 is 5.97 Å². The molecule has 3 aromatic carbocycles. The minimum Gasteiger partial charge on any atom is -0.481 e. The lowest BCUT2D eigenvalue weighted by atomic mass is 10.0. The molecule has 4 rings (SSSR count). The Morgan fingerprint density at radius 2 is 1.63 bits per heavy atom. The zero-order valence-corrected chi connectivity index (χ0v) is 16.9. The fourth-order valence-corrected chi connectivity index (χ4v) is 3.89. The first-order chi connectivity index (χ1) is 14.4. The molecule has 0 radical (unpaired) electrons. The number of fused-ring (bicyclic) bond motifs is 1. The number of para-hydroxylation sites is 1. The van der Waals surface area contributed by atoms with E-state index in [0.717, 1.165) is 33.6 Å². The molecular formula is C26H22FNO2. The zero-order valence-electron chi connectivity index (χ0n) is 16.9. The zero-order chi connectivity index (χ0) is 21.3. The van der Waals surface area contributed by atoms with Crippen LogP contribution >= 0.6 is 0 Å². The quantitative estimate of drug-likeness (QED) is 0.540. The second-order valence-corrected chi connectivity index (χ2v) is 7.41. The predicted molar refractivity (Wildman–Crippen MR) is 120 cm³/mol. The van der Waals surface area contributed by atoms with Gasteiger partial charge >= 0.3 is 5.97 Å². The van der Waals surface area contributed by atoms with Gasteiger partial charge in [0.05, 0.1) is 6.42 Å². The molecule has 0 bridgehead atoms. The number of nitrogens with zero attached hydrogens (tertiary/aromatic N) is 1. The molecule has 0 aliphatic heterocycles. The van der Waals surface area contributed by atoms with Gasteiger partial charge in [-0.2, -0.15) is 0 Å². The third kappa shape index (κ3) is 3.77. The number of rotatable bonds is 5. The summed E-state index contributed by atoms with van der Waals surface area (Å²) in [6.07, 6.45) is 1.91. The van der Waals surface area contributed by atoms with Gasteiger partial charge in [-0.25, -0.2) is 4.39 Å². The lowest BCUT2D eigenvalue weighted by Gasteiger charge is -2.19. The van der Waals surface area contributed by atoms with Crippen molar-refractivity contribution in [3.63, 3.8) is 0 Å². The molecule has 0 spiro atoms. The van der Waals surface area contributed by atoms with Gasteiger partial charge < -0.3 is 10.0 Å². The molecule has 0 saturated carbocycles. The number of benzene rings is 3. The lowest BCUT2D eigenvalue weighted by Crippen LogP contribution is -2.08. The van der Waals surface area contributed by atoms with Gasteiger partial charge in [-0.1, -0.05) is 36.4 Å². The normalized spacial score (nSPS) is 14.2. The van der Waals surface area contributed by atoms with Gasteiger partial charge in [-0.3, -0.25) is 4.79 Å². The molecule has 3 aromatic rings. The first-order valence-corrected chi connectivity index (χ1v) is 9.77. The van der Waals surface area contributed by atoms with Gasteiger partial charge in [0.1, 0.15) is 5.82 Å². The summed E-state index contributed by atoms with van der Waals surface area (Å²) in [5.41, 5.74) is 7.19. The maximum atomic E-state index is 13.8. The summed E-state index contributed by atoms with van der Waals surface area (Å²) in [4.78, 5) is 13.4. The van der Waals surface area contributed by atoms with Crippen molar-refractivity contribution in [2.75, 3.05) is 11.9 Å². The van der Waals surface area contributed by atoms with Crippen LogP contribution in [0.5, 0.6) is 0 Å². The smallest absolute Gasteiger partial charge is 0.307 e. The van der Waals surface area contributed by atoms with E-state index in [9.17, 15) is 14.3 Å². The molecule has 1 aliphatic rings. The fourth-order valence-electron chi connectivity index (χ4n) is 3.89. The van der Waals surface area contributed by atoms with Gasteiger partial charge in [-0.05, 0) is 82.8 Å². The number of hydrogen-bond donors (Lipinski definition) is 1. The minimum absolute atomic E-state index is 0.125. The Kier molecular flexibility index (Phi) is 5.23. The Hall–Kier alpha value is -3.66. The number of allylic oxidation sites excluding steroid dienone is 2. The predicted octanol–water partition coefficient (Wildman–Crippen LogP) is 6.40. The maximum Gasteiger partial charge on any atom is 0.307 e. The van der Waals surface area contributed by atoms with Gasteiger partial charge in [0, 0.05) is 18.4 Å². The summed E-state index contributed by atoms with van der Waals surface area (Å²) >= 11 is 0. The van der Waals surface area contributed by atoms with Crippen molar-refractivity contribution in [1.29, 1.82) is 0 Å². The van der Waals surface area contributed by atoms with Crippen LogP contribution in [0.2, 0.25) is 0 Å². The van der Waals surface area contributed by atoms with Crippen LogP contribution in [0.1, 0.15) is 30.0 Å². The van der Waals surface area contributed by atoms with Crippen LogP contribution < -0.4 is 4.90 Å². The molecule has 150 valence electrons. The van der Waals surface area contributed by atoms with Crippen LogP contribution in [0.4, 0.5) is 15.8 Å². The monoisotopic (exact) mass is 399 g/mol. The van der Waals surface area contributed by atoms with Gasteiger partial charge in [0.25, 0.3) is 0 Å². The first kappa shape index (κ1) is 19.6. The van der Waals surface area contributed by atoms with E-state index >= 15 is 0 Å². The summed E-state index contributed by atoms with van der Waals surface area (Å²) in [6.45, 7) is 1.90. The number of halogens is 1. The third-order valence-electron chi connectivity index (χ3n) is 5.52. The van der Waals surface area contributed by atoms with Crippen molar-refractivity contribution in [2.45, 2.75) is 13.3 Å². The van der Waals surface area contributed by atoms with Crippen LogP contribution in [0.3, 0.4) is 0 Å². The summed E-state index contributed by atoms with van der Waals surface area (Å²) < 4.78 is 13.8. The number of carbonyl (C=O) groups is 1. The van der Waals surface area contributed by atoms with Gasteiger partial charge in [0.2, 0.25) is 0 Å². The molecule has 0 heterocycles. The molecule has 1 N–H and O–H groups in total. The largest absolute Gasteiger partial charge is 0.481 e. The van der Waals surface area contributed by atoms with Crippen molar-refractivity contribution < 1.29 is 14.3 Å². The van der Waals surface area contributed by atoms with E-state index in [2.05, 4.69) is 29.2 Å². The topological polar surface area (TPSA) is 40.5 Å². The van der Waals surface area contributed by atoms with Crippen LogP contribution in [0.25, 0.3) is 17.2 Å². The molecule has 0 atom stereocenters. The Morgan fingerprint density at radius 1 is 0.967 bits per heavy atom. The molecule has 0 aromatic heterocycles. The highest BCUT2D eigenvalue weighted by molar-refractivity contribution is 6.07. The summed E-state index contributed by atoms with van der Waals surface area (Å²) in [6, 6.07) is 22.9. The van der Waals surface area contributed by atoms with Crippen LogP contribution in [-0.2, 0) is 4.79 Å².